The molecule has 3 nitrogen and oxygen atoms in total. The van der Waals surface area contributed by atoms with Crippen LogP contribution in [0.2, 0.25) is 0 Å². The van der Waals surface area contributed by atoms with Gasteiger partial charge in [-0.2, -0.15) is 0 Å². The molecule has 26 heavy (non-hydrogen) atoms. The van der Waals surface area contributed by atoms with Gasteiger partial charge >= 0.3 is 0 Å². The van der Waals surface area contributed by atoms with Gasteiger partial charge in [0.2, 0.25) is 0 Å². The molecule has 1 aliphatic heterocycles. The van der Waals surface area contributed by atoms with Crippen LogP contribution in [0, 0.1) is 40.4 Å². The molecular weight excluding hydrogens is 324 g/mol. The summed E-state index contributed by atoms with van der Waals surface area (Å²) in [4.78, 5) is 0. The van der Waals surface area contributed by atoms with E-state index in [-0.39, 0.29) is 11.9 Å². The summed E-state index contributed by atoms with van der Waals surface area (Å²) in [6.45, 7) is 8.90. The van der Waals surface area contributed by atoms with Crippen molar-refractivity contribution >= 4 is 0 Å². The van der Waals surface area contributed by atoms with Crippen molar-refractivity contribution in [1.29, 1.82) is 0 Å². The smallest absolute Gasteiger partial charge is 0.169 e. The topological polar surface area (TPSA) is 38.7 Å². The van der Waals surface area contributed by atoms with Gasteiger partial charge in [0.1, 0.15) is 0 Å². The number of aliphatic hydroxyl groups is 1. The van der Waals surface area contributed by atoms with Gasteiger partial charge in [-0.15, -0.1) is 0 Å². The second-order valence-corrected chi connectivity index (χ2v) is 11.0. The fraction of sp³-hybridized carbons (Fsp3) is 1.00. The molecule has 0 radical (unpaired) electrons. The maximum atomic E-state index is 10.2. The molecule has 5 rings (SSSR count). The molecule has 148 valence electrons. The molecule has 0 spiro atoms. The highest BCUT2D eigenvalue weighted by Crippen LogP contribution is 2.69. The first-order valence-electron chi connectivity index (χ1n) is 11.3. The number of aliphatic hydroxyl groups excluding tert-OH is 1. The maximum Gasteiger partial charge on any atom is 0.169 e. The zero-order valence-electron chi connectivity index (χ0n) is 17.0. The molecule has 1 N–H and O–H groups in total. The number of rotatable bonds is 1. The Morgan fingerprint density at radius 2 is 1.46 bits per heavy atom. The Kier molecular flexibility index (Phi) is 4.10. The van der Waals surface area contributed by atoms with E-state index in [0.29, 0.717) is 16.7 Å². The number of hydrogen-bond acceptors (Lipinski definition) is 3. The second-order valence-electron chi connectivity index (χ2n) is 11.0. The van der Waals surface area contributed by atoms with Crippen LogP contribution in [0.25, 0.3) is 0 Å². The van der Waals surface area contributed by atoms with E-state index in [9.17, 15) is 5.11 Å². The summed E-state index contributed by atoms with van der Waals surface area (Å²) in [5.41, 5.74) is 0.865. The molecule has 0 amide bonds. The van der Waals surface area contributed by atoms with Crippen molar-refractivity contribution < 1.29 is 14.6 Å². The van der Waals surface area contributed by atoms with E-state index in [1.165, 1.54) is 44.9 Å². The first kappa shape index (κ1) is 17.9. The summed E-state index contributed by atoms with van der Waals surface area (Å²) in [6.07, 6.45) is 11.4. The molecule has 0 aromatic rings. The number of ether oxygens (including phenoxy) is 2. The minimum absolute atomic E-state index is 0.0362. The lowest BCUT2D eigenvalue weighted by molar-refractivity contribution is -0.218. The summed E-state index contributed by atoms with van der Waals surface area (Å²) in [6, 6.07) is 0. The van der Waals surface area contributed by atoms with E-state index >= 15 is 0 Å². The minimum atomic E-state index is -0.341. The molecule has 0 bridgehead atoms. The van der Waals surface area contributed by atoms with Gasteiger partial charge in [-0.1, -0.05) is 13.8 Å². The molecule has 1 saturated heterocycles. The standard InChI is InChI=1S/C23H38O3/c1-21-10-8-16(24)14-15(21)4-5-17-18-6-7-20(23(3)25-12-13-26-23)22(18,2)11-9-19(17)21/h15-20,24H,4-14H2,1-3H3/t15-,16-,17?,18?,19?,20?,21-,22-/m0/s1. The van der Waals surface area contributed by atoms with Crippen molar-refractivity contribution in [1.82, 2.24) is 0 Å². The van der Waals surface area contributed by atoms with Crippen LogP contribution in [0.1, 0.15) is 78.6 Å². The Hall–Kier alpha value is -0.120. The molecule has 3 heteroatoms. The lowest BCUT2D eigenvalue weighted by Gasteiger charge is -2.61. The van der Waals surface area contributed by atoms with Gasteiger partial charge < -0.3 is 14.6 Å². The van der Waals surface area contributed by atoms with E-state index in [1.807, 2.05) is 0 Å². The summed E-state index contributed by atoms with van der Waals surface area (Å²) in [5, 5.41) is 10.2. The molecule has 0 aromatic carbocycles. The van der Waals surface area contributed by atoms with Gasteiger partial charge in [0.05, 0.1) is 19.3 Å². The van der Waals surface area contributed by atoms with Gasteiger partial charge in [0.25, 0.3) is 0 Å². The van der Waals surface area contributed by atoms with E-state index in [0.717, 1.165) is 49.7 Å². The molecular formula is C23H38O3. The lowest BCUT2D eigenvalue weighted by atomic mass is 9.44. The average Bonchev–Trinajstić information content (AvgIpc) is 3.19. The van der Waals surface area contributed by atoms with Gasteiger partial charge in [-0.25, -0.2) is 0 Å². The van der Waals surface area contributed by atoms with Crippen molar-refractivity contribution in [2.75, 3.05) is 13.2 Å². The Morgan fingerprint density at radius 1 is 0.769 bits per heavy atom. The summed E-state index contributed by atoms with van der Waals surface area (Å²) in [7, 11) is 0. The molecule has 1 heterocycles. The van der Waals surface area contributed by atoms with Crippen LogP contribution in [0.15, 0.2) is 0 Å². The van der Waals surface area contributed by atoms with Gasteiger partial charge in [-0.3, -0.25) is 0 Å². The molecule has 4 aliphatic carbocycles. The third-order valence-electron chi connectivity index (χ3n) is 10.1. The van der Waals surface area contributed by atoms with Crippen LogP contribution in [0.3, 0.4) is 0 Å². The van der Waals surface area contributed by atoms with Crippen molar-refractivity contribution in [2.24, 2.45) is 40.4 Å². The zero-order valence-corrected chi connectivity index (χ0v) is 17.0. The maximum absolute atomic E-state index is 10.2. The van der Waals surface area contributed by atoms with Gasteiger partial charge in [-0.05, 0) is 99.2 Å². The molecule has 5 fully saturated rings. The average molecular weight is 363 g/mol. The first-order valence-corrected chi connectivity index (χ1v) is 11.3. The Labute approximate surface area is 159 Å². The van der Waals surface area contributed by atoms with Gasteiger partial charge in [0, 0.05) is 5.92 Å². The summed E-state index contributed by atoms with van der Waals surface area (Å²) in [5.74, 6) is 3.59. The zero-order chi connectivity index (χ0) is 18.2. The van der Waals surface area contributed by atoms with Gasteiger partial charge in [0.15, 0.2) is 5.79 Å². The Bertz CT molecular complexity index is 556. The highest BCUT2D eigenvalue weighted by atomic mass is 16.7. The van der Waals surface area contributed by atoms with Crippen LogP contribution < -0.4 is 0 Å². The minimum Gasteiger partial charge on any atom is -0.393 e. The van der Waals surface area contributed by atoms with E-state index in [1.54, 1.807) is 0 Å². The molecule has 4 unspecified atom stereocenters. The van der Waals surface area contributed by atoms with Crippen LogP contribution in [-0.4, -0.2) is 30.2 Å². The molecule has 4 saturated carbocycles. The van der Waals surface area contributed by atoms with Crippen LogP contribution in [0.4, 0.5) is 0 Å². The van der Waals surface area contributed by atoms with Crippen molar-refractivity contribution in [3.05, 3.63) is 0 Å². The highest BCUT2D eigenvalue weighted by molar-refractivity contribution is 5.11. The quantitative estimate of drug-likeness (QED) is 0.730. The second kappa shape index (κ2) is 5.94. The number of hydrogen-bond donors (Lipinski definition) is 1. The predicted octanol–water partition coefficient (Wildman–Crippen LogP) is 4.77. The van der Waals surface area contributed by atoms with E-state index in [2.05, 4.69) is 20.8 Å². The van der Waals surface area contributed by atoms with Crippen molar-refractivity contribution in [3.8, 4) is 0 Å². The lowest BCUT2D eigenvalue weighted by Crippen LogP contribution is -2.55. The monoisotopic (exact) mass is 362 g/mol. The highest BCUT2D eigenvalue weighted by Gasteiger charge is 2.63. The van der Waals surface area contributed by atoms with E-state index < -0.39 is 0 Å². The largest absolute Gasteiger partial charge is 0.393 e. The summed E-state index contributed by atoms with van der Waals surface area (Å²) < 4.78 is 12.3. The molecule has 8 atom stereocenters. The fourth-order valence-electron chi connectivity index (χ4n) is 8.83. The SMILES string of the molecule is CC1(C2CCC3C4CC[C@H]5C[C@@H](O)CC[C@]5(C)C4CC[C@@]32C)OCCO1. The third kappa shape index (κ3) is 2.35. The normalized spacial score (nSPS) is 55.8. The number of fused-ring (bicyclic) bond motifs is 5. The molecule has 5 aliphatic rings. The van der Waals surface area contributed by atoms with Crippen LogP contribution >= 0.6 is 0 Å². The predicted molar refractivity (Wildman–Crippen MR) is 102 cm³/mol. The fourth-order valence-corrected chi connectivity index (χ4v) is 8.83. The third-order valence-corrected chi connectivity index (χ3v) is 10.1. The van der Waals surface area contributed by atoms with E-state index in [4.69, 9.17) is 9.47 Å². The van der Waals surface area contributed by atoms with Crippen molar-refractivity contribution in [2.45, 2.75) is 90.4 Å². The van der Waals surface area contributed by atoms with Crippen LogP contribution in [-0.2, 0) is 9.47 Å². The Balaban J connectivity index is 1.41. The summed E-state index contributed by atoms with van der Waals surface area (Å²) >= 11 is 0. The first-order chi connectivity index (χ1) is 12.4. The van der Waals surface area contributed by atoms with Crippen LogP contribution in [0.5, 0.6) is 0 Å². The van der Waals surface area contributed by atoms with Crippen molar-refractivity contribution in [3.63, 3.8) is 0 Å². The Morgan fingerprint density at radius 3 is 2.23 bits per heavy atom. The molecule has 0 aromatic heterocycles.